The molecule has 2 N–H and O–H groups in total. The van der Waals surface area contributed by atoms with Crippen LogP contribution >= 0.6 is 11.8 Å². The number of carbonyl (C=O) groups excluding carboxylic acids is 1. The Bertz CT molecular complexity index is 494. The molecule has 0 bridgehead atoms. The van der Waals surface area contributed by atoms with Crippen LogP contribution in [0, 0.1) is 11.8 Å². The number of hydrogen-bond donors (Lipinski definition) is 2. The summed E-state index contributed by atoms with van der Waals surface area (Å²) in [5.41, 5.74) is 1.12. The predicted octanol–water partition coefficient (Wildman–Crippen LogP) is 1.69. The molecule has 0 spiro atoms. The van der Waals surface area contributed by atoms with Crippen molar-refractivity contribution in [3.8, 4) is 11.8 Å². The Hall–Kier alpha value is -1.51. The molecule has 4 nitrogen and oxygen atoms in total. The average molecular weight is 292 g/mol. The Morgan fingerprint density at radius 3 is 3.10 bits per heavy atom. The smallest absolute Gasteiger partial charge is 0.252 e. The van der Waals surface area contributed by atoms with Crippen LogP contribution in [-0.2, 0) is 0 Å². The van der Waals surface area contributed by atoms with Gasteiger partial charge in [0.15, 0.2) is 0 Å². The summed E-state index contributed by atoms with van der Waals surface area (Å²) in [4.78, 5) is 16.2. The second-order valence-electron chi connectivity index (χ2n) is 4.23. The Balaban J connectivity index is 2.75. The fraction of sp³-hybridized carbons (Fsp3) is 0.467. The molecule has 1 aromatic rings. The molecular formula is C15H20N2O2S. The minimum atomic E-state index is -0.134. The van der Waals surface area contributed by atoms with Crippen molar-refractivity contribution in [1.29, 1.82) is 0 Å². The fourth-order valence-electron chi connectivity index (χ4n) is 1.54. The summed E-state index contributed by atoms with van der Waals surface area (Å²) in [6.07, 6.45) is 3.54. The van der Waals surface area contributed by atoms with Crippen LogP contribution in [0.2, 0.25) is 0 Å². The van der Waals surface area contributed by atoms with Gasteiger partial charge in [0, 0.05) is 30.6 Å². The van der Waals surface area contributed by atoms with Crippen molar-refractivity contribution >= 4 is 17.7 Å². The minimum absolute atomic E-state index is 0.0140. The molecule has 1 heterocycles. The van der Waals surface area contributed by atoms with Crippen LogP contribution in [0.1, 0.15) is 36.2 Å². The monoisotopic (exact) mass is 292 g/mol. The van der Waals surface area contributed by atoms with E-state index >= 15 is 0 Å². The van der Waals surface area contributed by atoms with Crippen LogP contribution in [0.15, 0.2) is 18.5 Å². The third-order valence-electron chi connectivity index (χ3n) is 2.48. The van der Waals surface area contributed by atoms with Gasteiger partial charge in [-0.25, -0.2) is 0 Å². The van der Waals surface area contributed by atoms with Gasteiger partial charge in [0.05, 0.1) is 17.7 Å². The Morgan fingerprint density at radius 2 is 2.40 bits per heavy atom. The lowest BCUT2D eigenvalue weighted by Crippen LogP contribution is -2.34. The zero-order valence-electron chi connectivity index (χ0n) is 11.8. The standard InChI is InChI=1S/C15H20N2O2S/c1-3-20-11-12(2)17-15(19)14-7-8-16-10-13(14)6-4-5-9-18/h7-8,10,12,18H,3,5,9,11H2,1-2H3,(H,17,19). The van der Waals surface area contributed by atoms with Crippen molar-refractivity contribution in [3.05, 3.63) is 29.6 Å². The van der Waals surface area contributed by atoms with E-state index in [-0.39, 0.29) is 18.6 Å². The van der Waals surface area contributed by atoms with Crippen molar-refractivity contribution in [1.82, 2.24) is 10.3 Å². The molecule has 0 saturated heterocycles. The SMILES string of the molecule is CCSCC(C)NC(=O)c1ccncc1C#CCCO. The zero-order chi connectivity index (χ0) is 14.8. The fourth-order valence-corrected chi connectivity index (χ4v) is 2.22. The highest BCUT2D eigenvalue weighted by Crippen LogP contribution is 2.07. The van der Waals surface area contributed by atoms with E-state index in [9.17, 15) is 4.79 Å². The maximum atomic E-state index is 12.2. The number of nitrogens with one attached hydrogen (secondary N) is 1. The molecule has 20 heavy (non-hydrogen) atoms. The summed E-state index contributed by atoms with van der Waals surface area (Å²) in [7, 11) is 0. The van der Waals surface area contributed by atoms with E-state index in [2.05, 4.69) is 29.1 Å². The van der Waals surface area contributed by atoms with Crippen LogP contribution in [-0.4, -0.2) is 40.2 Å². The molecule has 0 fully saturated rings. The average Bonchev–Trinajstić information content (AvgIpc) is 2.46. The van der Waals surface area contributed by atoms with Crippen LogP contribution in [0.4, 0.5) is 0 Å². The molecule has 0 saturated carbocycles. The number of nitrogens with zero attached hydrogens (tertiary/aromatic N) is 1. The third kappa shape index (κ3) is 5.64. The van der Waals surface area contributed by atoms with E-state index in [1.165, 1.54) is 0 Å². The number of carbonyl (C=O) groups is 1. The Kier molecular flexibility index (Phi) is 7.78. The lowest BCUT2D eigenvalue weighted by Gasteiger charge is -2.13. The molecule has 1 atom stereocenters. The summed E-state index contributed by atoms with van der Waals surface area (Å²) in [6.45, 7) is 4.09. The van der Waals surface area contributed by atoms with Gasteiger partial charge in [0.2, 0.25) is 0 Å². The number of rotatable bonds is 6. The molecule has 108 valence electrons. The van der Waals surface area contributed by atoms with Gasteiger partial charge in [-0.2, -0.15) is 11.8 Å². The molecule has 0 radical (unpaired) electrons. The molecule has 0 aliphatic carbocycles. The topological polar surface area (TPSA) is 62.2 Å². The quantitative estimate of drug-likeness (QED) is 0.783. The van der Waals surface area contributed by atoms with Crippen molar-refractivity contribution in [2.75, 3.05) is 18.1 Å². The molecule has 1 amide bonds. The van der Waals surface area contributed by atoms with Crippen LogP contribution in [0.25, 0.3) is 0 Å². The number of pyridine rings is 1. The van der Waals surface area contributed by atoms with Crippen LogP contribution in [0.5, 0.6) is 0 Å². The molecular weight excluding hydrogens is 272 g/mol. The second-order valence-corrected chi connectivity index (χ2v) is 5.55. The van der Waals surface area contributed by atoms with Crippen molar-refractivity contribution in [2.45, 2.75) is 26.3 Å². The van der Waals surface area contributed by atoms with Crippen molar-refractivity contribution < 1.29 is 9.90 Å². The van der Waals surface area contributed by atoms with Gasteiger partial charge in [-0.1, -0.05) is 18.8 Å². The van der Waals surface area contributed by atoms with Gasteiger partial charge in [0.1, 0.15) is 0 Å². The van der Waals surface area contributed by atoms with Crippen LogP contribution in [0.3, 0.4) is 0 Å². The molecule has 0 aliphatic rings. The molecule has 1 aromatic heterocycles. The largest absolute Gasteiger partial charge is 0.395 e. The first-order valence-corrected chi connectivity index (χ1v) is 7.76. The van der Waals surface area contributed by atoms with E-state index in [4.69, 9.17) is 5.11 Å². The van der Waals surface area contributed by atoms with Gasteiger partial charge in [-0.05, 0) is 18.7 Å². The number of aliphatic hydroxyl groups excluding tert-OH is 1. The molecule has 0 aliphatic heterocycles. The predicted molar refractivity (Wildman–Crippen MR) is 82.7 cm³/mol. The van der Waals surface area contributed by atoms with E-state index < -0.39 is 0 Å². The summed E-state index contributed by atoms with van der Waals surface area (Å²) >= 11 is 1.79. The maximum absolute atomic E-state index is 12.2. The molecule has 0 aromatic carbocycles. The molecule has 1 rings (SSSR count). The van der Waals surface area contributed by atoms with Gasteiger partial charge in [-0.15, -0.1) is 0 Å². The number of hydrogen-bond acceptors (Lipinski definition) is 4. The minimum Gasteiger partial charge on any atom is -0.395 e. The molecule has 5 heteroatoms. The van der Waals surface area contributed by atoms with Gasteiger partial charge < -0.3 is 10.4 Å². The zero-order valence-corrected chi connectivity index (χ0v) is 12.7. The second kappa shape index (κ2) is 9.40. The first kappa shape index (κ1) is 16.5. The summed E-state index contributed by atoms with van der Waals surface area (Å²) in [5, 5.41) is 11.7. The highest BCUT2D eigenvalue weighted by atomic mass is 32.2. The van der Waals surface area contributed by atoms with Crippen LogP contribution < -0.4 is 5.32 Å². The summed E-state index contributed by atoms with van der Waals surface area (Å²) < 4.78 is 0. The normalized spacial score (nSPS) is 11.3. The van der Waals surface area contributed by atoms with Gasteiger partial charge >= 0.3 is 0 Å². The number of aliphatic hydroxyl groups is 1. The Labute approximate surface area is 124 Å². The third-order valence-corrected chi connectivity index (χ3v) is 3.62. The Morgan fingerprint density at radius 1 is 1.60 bits per heavy atom. The highest BCUT2D eigenvalue weighted by Gasteiger charge is 2.12. The van der Waals surface area contributed by atoms with E-state index in [1.54, 1.807) is 30.2 Å². The van der Waals surface area contributed by atoms with Crippen molar-refractivity contribution in [2.24, 2.45) is 0 Å². The highest BCUT2D eigenvalue weighted by molar-refractivity contribution is 7.99. The lowest BCUT2D eigenvalue weighted by molar-refractivity contribution is 0.0943. The summed E-state index contributed by atoms with van der Waals surface area (Å²) in [5.74, 6) is 7.47. The molecule has 1 unspecified atom stereocenters. The van der Waals surface area contributed by atoms with Gasteiger partial charge in [0.25, 0.3) is 5.91 Å². The number of amides is 1. The summed E-state index contributed by atoms with van der Waals surface area (Å²) in [6, 6.07) is 1.77. The first-order chi connectivity index (χ1) is 9.69. The van der Waals surface area contributed by atoms with E-state index in [0.717, 1.165) is 11.5 Å². The van der Waals surface area contributed by atoms with Gasteiger partial charge in [-0.3, -0.25) is 9.78 Å². The maximum Gasteiger partial charge on any atom is 0.252 e. The number of aromatic nitrogens is 1. The van der Waals surface area contributed by atoms with E-state index in [1.807, 2.05) is 6.92 Å². The lowest BCUT2D eigenvalue weighted by atomic mass is 10.1. The number of thioether (sulfide) groups is 1. The van der Waals surface area contributed by atoms with Crippen molar-refractivity contribution in [3.63, 3.8) is 0 Å². The van der Waals surface area contributed by atoms with E-state index in [0.29, 0.717) is 17.5 Å². The first-order valence-electron chi connectivity index (χ1n) is 6.61.